The highest BCUT2D eigenvalue weighted by molar-refractivity contribution is 5.39. The SMILES string of the molecule is CCC(CC)(CN)CCOc1c(C)cccc1C. The maximum Gasteiger partial charge on any atom is 0.125 e. The second-order valence-corrected chi connectivity index (χ2v) is 5.23. The molecule has 0 aromatic heterocycles. The molecule has 18 heavy (non-hydrogen) atoms. The van der Waals surface area contributed by atoms with Gasteiger partial charge >= 0.3 is 0 Å². The number of hydrogen-bond acceptors (Lipinski definition) is 2. The molecule has 1 aromatic rings. The van der Waals surface area contributed by atoms with Crippen molar-refractivity contribution in [2.24, 2.45) is 11.1 Å². The molecule has 2 heteroatoms. The van der Waals surface area contributed by atoms with Gasteiger partial charge in [-0.1, -0.05) is 32.0 Å². The third-order valence-corrected chi connectivity index (χ3v) is 4.22. The lowest BCUT2D eigenvalue weighted by Crippen LogP contribution is -2.31. The van der Waals surface area contributed by atoms with Crippen LogP contribution in [0, 0.1) is 19.3 Å². The first-order valence-electron chi connectivity index (χ1n) is 6.97. The van der Waals surface area contributed by atoms with Crippen LogP contribution < -0.4 is 10.5 Å². The highest BCUT2D eigenvalue weighted by Crippen LogP contribution is 2.30. The molecular weight excluding hydrogens is 222 g/mol. The molecule has 2 N–H and O–H groups in total. The number of rotatable bonds is 7. The molecule has 1 rings (SSSR count). The van der Waals surface area contributed by atoms with Gasteiger partial charge in [-0.3, -0.25) is 0 Å². The monoisotopic (exact) mass is 249 g/mol. The lowest BCUT2D eigenvalue weighted by atomic mass is 9.80. The number of nitrogens with two attached hydrogens (primary N) is 1. The quantitative estimate of drug-likeness (QED) is 0.797. The van der Waals surface area contributed by atoms with E-state index >= 15 is 0 Å². The van der Waals surface area contributed by atoms with E-state index in [0.29, 0.717) is 0 Å². The lowest BCUT2D eigenvalue weighted by Gasteiger charge is -2.30. The zero-order chi connectivity index (χ0) is 13.6. The smallest absolute Gasteiger partial charge is 0.125 e. The fraction of sp³-hybridized carbons (Fsp3) is 0.625. The Morgan fingerprint density at radius 3 is 2.11 bits per heavy atom. The summed E-state index contributed by atoms with van der Waals surface area (Å²) in [6, 6.07) is 6.26. The van der Waals surface area contributed by atoms with E-state index in [9.17, 15) is 0 Å². The second-order valence-electron chi connectivity index (χ2n) is 5.23. The second kappa shape index (κ2) is 6.79. The van der Waals surface area contributed by atoms with Crippen molar-refractivity contribution in [1.29, 1.82) is 0 Å². The van der Waals surface area contributed by atoms with Crippen LogP contribution in [0.3, 0.4) is 0 Å². The summed E-state index contributed by atoms with van der Waals surface area (Å²) in [5.74, 6) is 1.04. The highest BCUT2D eigenvalue weighted by Gasteiger charge is 2.24. The number of aryl methyl sites for hydroxylation is 2. The van der Waals surface area contributed by atoms with Gasteiger partial charge in [-0.15, -0.1) is 0 Å². The van der Waals surface area contributed by atoms with Crippen molar-refractivity contribution in [3.8, 4) is 5.75 Å². The Morgan fingerprint density at radius 2 is 1.67 bits per heavy atom. The fourth-order valence-electron chi connectivity index (χ4n) is 2.39. The molecule has 0 fully saturated rings. The molecule has 0 bridgehead atoms. The third-order valence-electron chi connectivity index (χ3n) is 4.22. The van der Waals surface area contributed by atoms with Gasteiger partial charge in [0.15, 0.2) is 0 Å². The molecule has 0 spiro atoms. The minimum absolute atomic E-state index is 0.247. The maximum atomic E-state index is 5.97. The summed E-state index contributed by atoms with van der Waals surface area (Å²) < 4.78 is 5.97. The van der Waals surface area contributed by atoms with E-state index < -0.39 is 0 Å². The Hall–Kier alpha value is -1.02. The molecule has 1 aromatic carbocycles. The molecule has 0 atom stereocenters. The van der Waals surface area contributed by atoms with Gasteiger partial charge in [0.25, 0.3) is 0 Å². The molecule has 0 heterocycles. The minimum atomic E-state index is 0.247. The van der Waals surface area contributed by atoms with E-state index in [4.69, 9.17) is 10.5 Å². The van der Waals surface area contributed by atoms with Gasteiger partial charge in [-0.25, -0.2) is 0 Å². The molecule has 0 aliphatic heterocycles. The molecular formula is C16H27NO. The summed E-state index contributed by atoms with van der Waals surface area (Å²) in [5, 5.41) is 0. The summed E-state index contributed by atoms with van der Waals surface area (Å²) in [7, 11) is 0. The summed E-state index contributed by atoms with van der Waals surface area (Å²) in [4.78, 5) is 0. The first kappa shape index (κ1) is 15.0. The van der Waals surface area contributed by atoms with Crippen molar-refractivity contribution in [3.63, 3.8) is 0 Å². The van der Waals surface area contributed by atoms with Crippen LogP contribution in [-0.4, -0.2) is 13.2 Å². The van der Waals surface area contributed by atoms with Gasteiger partial charge in [-0.2, -0.15) is 0 Å². The van der Waals surface area contributed by atoms with Crippen molar-refractivity contribution in [2.75, 3.05) is 13.2 Å². The fourth-order valence-corrected chi connectivity index (χ4v) is 2.39. The van der Waals surface area contributed by atoms with E-state index in [-0.39, 0.29) is 5.41 Å². The van der Waals surface area contributed by atoms with Crippen molar-refractivity contribution in [1.82, 2.24) is 0 Å². The number of benzene rings is 1. The Balaban J connectivity index is 2.61. The van der Waals surface area contributed by atoms with Gasteiger partial charge in [0.1, 0.15) is 5.75 Å². The Bertz CT molecular complexity index is 341. The zero-order valence-electron chi connectivity index (χ0n) is 12.3. The predicted octanol–water partition coefficient (Wildman–Crippen LogP) is 3.84. The first-order valence-corrected chi connectivity index (χ1v) is 6.97. The van der Waals surface area contributed by atoms with Crippen molar-refractivity contribution in [2.45, 2.75) is 47.0 Å². The predicted molar refractivity (Wildman–Crippen MR) is 78.1 cm³/mol. The summed E-state index contributed by atoms with van der Waals surface area (Å²) >= 11 is 0. The maximum absolute atomic E-state index is 5.97. The average molecular weight is 249 g/mol. The molecule has 102 valence electrons. The van der Waals surface area contributed by atoms with E-state index in [0.717, 1.165) is 38.2 Å². The Morgan fingerprint density at radius 1 is 1.11 bits per heavy atom. The molecule has 0 aliphatic rings. The van der Waals surface area contributed by atoms with Crippen LogP contribution >= 0.6 is 0 Å². The highest BCUT2D eigenvalue weighted by atomic mass is 16.5. The molecule has 2 nitrogen and oxygen atoms in total. The lowest BCUT2D eigenvalue weighted by molar-refractivity contribution is 0.186. The van der Waals surface area contributed by atoms with E-state index in [1.807, 2.05) is 0 Å². The van der Waals surface area contributed by atoms with Crippen LogP contribution in [0.25, 0.3) is 0 Å². The van der Waals surface area contributed by atoms with Gasteiger partial charge < -0.3 is 10.5 Å². The summed E-state index contributed by atoms with van der Waals surface area (Å²) in [6.07, 6.45) is 3.27. The van der Waals surface area contributed by atoms with Gasteiger partial charge in [0, 0.05) is 0 Å². The molecule has 0 radical (unpaired) electrons. The number of para-hydroxylation sites is 1. The Labute approximate surface area is 112 Å². The molecule has 0 aliphatic carbocycles. The van der Waals surface area contributed by atoms with Crippen LogP contribution in [0.4, 0.5) is 0 Å². The molecule has 0 unspecified atom stereocenters. The summed E-state index contributed by atoms with van der Waals surface area (Å²) in [6.45, 7) is 10.1. The summed E-state index contributed by atoms with van der Waals surface area (Å²) in [5.41, 5.74) is 8.58. The standard InChI is InChI=1S/C16H27NO/c1-5-16(6-2,12-17)10-11-18-15-13(3)8-7-9-14(15)4/h7-9H,5-6,10-12,17H2,1-4H3. The normalized spacial score (nSPS) is 11.6. The number of ether oxygens (including phenoxy) is 1. The third kappa shape index (κ3) is 3.49. The van der Waals surface area contributed by atoms with Gasteiger partial charge in [-0.05, 0) is 56.2 Å². The van der Waals surface area contributed by atoms with Crippen molar-refractivity contribution < 1.29 is 4.74 Å². The minimum Gasteiger partial charge on any atom is -0.493 e. The average Bonchev–Trinajstić information content (AvgIpc) is 2.38. The largest absolute Gasteiger partial charge is 0.493 e. The number of hydrogen-bond donors (Lipinski definition) is 1. The van der Waals surface area contributed by atoms with Crippen LogP contribution in [0.5, 0.6) is 5.75 Å². The first-order chi connectivity index (χ1) is 8.58. The van der Waals surface area contributed by atoms with Gasteiger partial charge in [0.2, 0.25) is 0 Å². The van der Waals surface area contributed by atoms with Gasteiger partial charge in [0.05, 0.1) is 6.61 Å². The van der Waals surface area contributed by atoms with E-state index in [2.05, 4.69) is 45.9 Å². The Kier molecular flexibility index (Phi) is 5.67. The van der Waals surface area contributed by atoms with E-state index in [1.54, 1.807) is 0 Å². The topological polar surface area (TPSA) is 35.2 Å². The molecule has 0 amide bonds. The van der Waals surface area contributed by atoms with Crippen LogP contribution in [0.15, 0.2) is 18.2 Å². The van der Waals surface area contributed by atoms with E-state index in [1.165, 1.54) is 11.1 Å². The molecule has 0 saturated heterocycles. The van der Waals surface area contributed by atoms with Crippen LogP contribution in [0.1, 0.15) is 44.2 Å². The van der Waals surface area contributed by atoms with Crippen molar-refractivity contribution >= 4 is 0 Å². The van der Waals surface area contributed by atoms with Crippen molar-refractivity contribution in [3.05, 3.63) is 29.3 Å². The van der Waals surface area contributed by atoms with Crippen LogP contribution in [0.2, 0.25) is 0 Å². The van der Waals surface area contributed by atoms with Crippen LogP contribution in [-0.2, 0) is 0 Å². The molecule has 0 saturated carbocycles. The zero-order valence-corrected chi connectivity index (χ0v) is 12.3.